The van der Waals surface area contributed by atoms with E-state index < -0.39 is 5.60 Å². The van der Waals surface area contributed by atoms with Gasteiger partial charge in [0.2, 0.25) is 0 Å². The minimum atomic E-state index is -0.447. The van der Waals surface area contributed by atoms with Gasteiger partial charge in [0.25, 0.3) is 0 Å². The zero-order chi connectivity index (χ0) is 19.7. The zero-order valence-electron chi connectivity index (χ0n) is 16.3. The van der Waals surface area contributed by atoms with Crippen LogP contribution in [0.1, 0.15) is 64.0 Å². The monoisotopic (exact) mass is 430 g/mol. The minimum Gasteiger partial charge on any atom is -0.444 e. The summed E-state index contributed by atoms with van der Waals surface area (Å²) in [6.45, 7) is 7.24. The number of benzene rings is 1. The Morgan fingerprint density at radius 3 is 2.52 bits per heavy atom. The van der Waals surface area contributed by atoms with Crippen LogP contribution in [0.5, 0.6) is 0 Å². The molecule has 0 aromatic heterocycles. The Kier molecular flexibility index (Phi) is 5.67. The smallest absolute Gasteiger partial charge is 0.410 e. The van der Waals surface area contributed by atoms with E-state index in [0.717, 1.165) is 60.8 Å². The van der Waals surface area contributed by atoms with Gasteiger partial charge in [-0.15, -0.1) is 0 Å². The number of piperidine rings is 1. The highest BCUT2D eigenvalue weighted by Crippen LogP contribution is 2.46. The number of likely N-dealkylation sites (tertiary alicyclic amines) is 1. The molecule has 1 spiro atoms. The molecule has 0 bridgehead atoms. The van der Waals surface area contributed by atoms with Crippen LogP contribution in [0.15, 0.2) is 28.7 Å². The van der Waals surface area contributed by atoms with Crippen molar-refractivity contribution in [2.75, 3.05) is 13.1 Å². The maximum atomic E-state index is 12.3. The fraction of sp³-hybridized carbons (Fsp3) is 0.545. The van der Waals surface area contributed by atoms with Crippen molar-refractivity contribution in [1.82, 2.24) is 4.90 Å². The molecule has 0 atom stereocenters. The van der Waals surface area contributed by atoms with Crippen LogP contribution in [-0.4, -0.2) is 29.7 Å². The summed E-state index contributed by atoms with van der Waals surface area (Å²) in [6, 6.07) is 8.24. The normalized spacial score (nSPS) is 19.4. The van der Waals surface area contributed by atoms with Crippen LogP contribution < -0.4 is 0 Å². The summed E-state index contributed by atoms with van der Waals surface area (Å²) in [7, 11) is 0. The molecule has 0 saturated carbocycles. The molecule has 0 N–H and O–H groups in total. The predicted octanol–water partition coefficient (Wildman–Crippen LogP) is 5.91. The Hall–Kier alpha value is -1.80. The number of nitriles is 1. The first-order valence-corrected chi connectivity index (χ1v) is 10.4. The minimum absolute atomic E-state index is 0.196. The molecule has 0 radical (unpaired) electrons. The first kappa shape index (κ1) is 19.9. The standard InChI is InChI=1S/C22H27BrN2O2/c1-21(2,3)27-20(26)25-12-10-22(11-13-25)8-6-16(7-9-22)19-5-4-18(23)14-17(19)15-24/h4-6,14H,7-13H2,1-3H3. The van der Waals surface area contributed by atoms with Crippen LogP contribution in [0.25, 0.3) is 5.57 Å². The number of amides is 1. The Labute approximate surface area is 170 Å². The highest BCUT2D eigenvalue weighted by molar-refractivity contribution is 9.10. The van der Waals surface area contributed by atoms with E-state index in [9.17, 15) is 10.1 Å². The summed E-state index contributed by atoms with van der Waals surface area (Å²) in [6.07, 6.45) is 7.27. The Morgan fingerprint density at radius 1 is 1.26 bits per heavy atom. The van der Waals surface area contributed by atoms with Gasteiger partial charge in [-0.05, 0) is 81.6 Å². The van der Waals surface area contributed by atoms with Crippen LogP contribution in [0.4, 0.5) is 4.79 Å². The molecular weight excluding hydrogens is 404 g/mol. The number of ether oxygens (including phenoxy) is 1. The molecule has 2 aliphatic rings. The average molecular weight is 431 g/mol. The van der Waals surface area contributed by atoms with Gasteiger partial charge in [0, 0.05) is 17.6 Å². The number of rotatable bonds is 1. The molecule has 1 aliphatic carbocycles. The molecule has 1 heterocycles. The SMILES string of the molecule is CC(C)(C)OC(=O)N1CCC2(CC=C(c3ccc(Br)cc3C#N)CC2)CC1. The van der Waals surface area contributed by atoms with E-state index in [1.165, 1.54) is 5.57 Å². The van der Waals surface area contributed by atoms with E-state index >= 15 is 0 Å². The average Bonchev–Trinajstić information content (AvgIpc) is 2.62. The third-order valence-electron chi connectivity index (χ3n) is 5.63. The Balaban J connectivity index is 1.64. The van der Waals surface area contributed by atoms with Gasteiger partial charge in [-0.2, -0.15) is 5.26 Å². The quantitative estimate of drug-likeness (QED) is 0.556. The van der Waals surface area contributed by atoms with Crippen molar-refractivity contribution in [3.8, 4) is 6.07 Å². The lowest BCUT2D eigenvalue weighted by molar-refractivity contribution is 0.00896. The highest BCUT2D eigenvalue weighted by Gasteiger charge is 2.38. The second-order valence-corrected chi connectivity index (χ2v) is 9.62. The topological polar surface area (TPSA) is 53.3 Å². The Morgan fingerprint density at radius 2 is 1.96 bits per heavy atom. The zero-order valence-corrected chi connectivity index (χ0v) is 17.9. The van der Waals surface area contributed by atoms with Gasteiger partial charge in [0.15, 0.2) is 0 Å². The molecule has 1 aliphatic heterocycles. The van der Waals surface area contributed by atoms with Gasteiger partial charge in [0.05, 0.1) is 11.6 Å². The van der Waals surface area contributed by atoms with Crippen molar-refractivity contribution >= 4 is 27.6 Å². The van der Waals surface area contributed by atoms with Crippen LogP contribution in [0, 0.1) is 16.7 Å². The second kappa shape index (κ2) is 7.67. The number of carbonyl (C=O) groups excluding carboxylic acids is 1. The van der Waals surface area contributed by atoms with Crippen LogP contribution in [0.3, 0.4) is 0 Å². The van der Waals surface area contributed by atoms with Crippen molar-refractivity contribution < 1.29 is 9.53 Å². The number of allylic oxidation sites excluding steroid dienone is 2. The largest absolute Gasteiger partial charge is 0.444 e. The van der Waals surface area contributed by atoms with Gasteiger partial charge >= 0.3 is 6.09 Å². The number of nitrogens with zero attached hydrogens (tertiary/aromatic N) is 2. The van der Waals surface area contributed by atoms with E-state index in [4.69, 9.17) is 4.74 Å². The molecule has 27 heavy (non-hydrogen) atoms. The molecule has 1 saturated heterocycles. The van der Waals surface area contributed by atoms with Crippen LogP contribution >= 0.6 is 15.9 Å². The van der Waals surface area contributed by atoms with Gasteiger partial charge in [-0.3, -0.25) is 0 Å². The first-order chi connectivity index (χ1) is 12.7. The van der Waals surface area contributed by atoms with Crippen LogP contribution in [-0.2, 0) is 4.74 Å². The third-order valence-corrected chi connectivity index (χ3v) is 6.12. The second-order valence-electron chi connectivity index (χ2n) is 8.70. The number of carbonyl (C=O) groups is 1. The van der Waals surface area contributed by atoms with Crippen LogP contribution in [0.2, 0.25) is 0 Å². The van der Waals surface area contributed by atoms with E-state index in [2.05, 4.69) is 28.1 Å². The summed E-state index contributed by atoms with van der Waals surface area (Å²) < 4.78 is 6.44. The maximum absolute atomic E-state index is 12.3. The number of halogens is 1. The fourth-order valence-electron chi connectivity index (χ4n) is 4.02. The molecule has 1 fully saturated rings. The van der Waals surface area contributed by atoms with Crippen molar-refractivity contribution in [2.24, 2.45) is 5.41 Å². The molecule has 144 valence electrons. The molecule has 0 unspecified atom stereocenters. The van der Waals surface area contributed by atoms with Gasteiger partial charge < -0.3 is 9.64 Å². The maximum Gasteiger partial charge on any atom is 0.410 e. The molecular formula is C22H27BrN2O2. The molecule has 1 aromatic rings. The molecule has 5 heteroatoms. The van der Waals surface area contributed by atoms with Gasteiger partial charge in [-0.25, -0.2) is 4.79 Å². The van der Waals surface area contributed by atoms with E-state index in [1.54, 1.807) is 0 Å². The summed E-state index contributed by atoms with van der Waals surface area (Å²) in [5.41, 5.74) is 2.90. The van der Waals surface area contributed by atoms with E-state index in [1.807, 2.05) is 43.9 Å². The first-order valence-electron chi connectivity index (χ1n) is 9.58. The lowest BCUT2D eigenvalue weighted by atomic mass is 9.68. The van der Waals surface area contributed by atoms with E-state index in [0.29, 0.717) is 0 Å². The molecule has 3 rings (SSSR count). The number of hydrogen-bond donors (Lipinski definition) is 0. The third kappa shape index (κ3) is 4.73. The Bertz CT molecular complexity index is 794. The lowest BCUT2D eigenvalue weighted by Crippen LogP contribution is -2.45. The van der Waals surface area contributed by atoms with Gasteiger partial charge in [0.1, 0.15) is 5.60 Å². The van der Waals surface area contributed by atoms with Crippen molar-refractivity contribution in [2.45, 2.75) is 58.5 Å². The summed E-state index contributed by atoms with van der Waals surface area (Å²) in [5.74, 6) is 0. The molecule has 1 aromatic carbocycles. The van der Waals surface area contributed by atoms with E-state index in [-0.39, 0.29) is 11.5 Å². The van der Waals surface area contributed by atoms with Crippen molar-refractivity contribution in [1.29, 1.82) is 5.26 Å². The predicted molar refractivity (Wildman–Crippen MR) is 110 cm³/mol. The molecule has 1 amide bonds. The lowest BCUT2D eigenvalue weighted by Gasteiger charge is -2.43. The number of hydrogen-bond acceptors (Lipinski definition) is 3. The summed E-state index contributed by atoms with van der Waals surface area (Å²) in [4.78, 5) is 14.1. The van der Waals surface area contributed by atoms with Crippen molar-refractivity contribution in [3.63, 3.8) is 0 Å². The van der Waals surface area contributed by atoms with Crippen molar-refractivity contribution in [3.05, 3.63) is 39.9 Å². The fourth-order valence-corrected chi connectivity index (χ4v) is 4.38. The van der Waals surface area contributed by atoms with Gasteiger partial charge in [-0.1, -0.05) is 28.1 Å². The summed E-state index contributed by atoms with van der Waals surface area (Å²) >= 11 is 3.44. The molecule has 4 nitrogen and oxygen atoms in total. The summed E-state index contributed by atoms with van der Waals surface area (Å²) in [5, 5.41) is 9.43. The highest BCUT2D eigenvalue weighted by atomic mass is 79.9.